The van der Waals surface area contributed by atoms with Crippen molar-refractivity contribution in [3.05, 3.63) is 72.7 Å². The van der Waals surface area contributed by atoms with E-state index >= 15 is 4.39 Å². The molecular formula is C32H36FN7O4. The van der Waals surface area contributed by atoms with Crippen molar-refractivity contribution in [3.63, 3.8) is 0 Å². The molecule has 1 amide bonds. The number of aliphatic hydroxyl groups is 1. The van der Waals surface area contributed by atoms with Crippen LogP contribution in [0.1, 0.15) is 18.4 Å². The summed E-state index contributed by atoms with van der Waals surface area (Å²) >= 11 is 0. The molecule has 2 aliphatic rings. The topological polar surface area (TPSA) is 138 Å². The van der Waals surface area contributed by atoms with Gasteiger partial charge in [0.2, 0.25) is 5.91 Å². The van der Waals surface area contributed by atoms with Gasteiger partial charge in [-0.15, -0.1) is 0 Å². The van der Waals surface area contributed by atoms with Crippen LogP contribution in [0.25, 0.3) is 0 Å². The Morgan fingerprint density at radius 1 is 1.18 bits per heavy atom. The molecule has 0 unspecified atom stereocenters. The zero-order chi connectivity index (χ0) is 31.2. The van der Waals surface area contributed by atoms with E-state index in [-0.39, 0.29) is 36.0 Å². The largest absolute Gasteiger partial charge is 0.495 e. The highest BCUT2D eigenvalue weighted by Crippen LogP contribution is 2.36. The second-order valence-corrected chi connectivity index (χ2v) is 10.7. The fourth-order valence-electron chi connectivity index (χ4n) is 5.26. The van der Waals surface area contributed by atoms with Crippen LogP contribution >= 0.6 is 0 Å². The summed E-state index contributed by atoms with van der Waals surface area (Å²) in [5.74, 6) is 1.67. The fraction of sp³-hybridized carbons (Fsp3) is 0.312. The molecule has 230 valence electrons. The first-order valence-electron chi connectivity index (χ1n) is 14.3. The van der Waals surface area contributed by atoms with Crippen LogP contribution in [0.4, 0.5) is 27.3 Å². The van der Waals surface area contributed by atoms with Gasteiger partial charge in [-0.05, 0) is 49.9 Å². The maximum atomic E-state index is 15.2. The van der Waals surface area contributed by atoms with Crippen LogP contribution in [0.2, 0.25) is 0 Å². The number of ether oxygens (including phenoxy) is 2. The predicted octanol–water partition coefficient (Wildman–Crippen LogP) is 4.41. The number of nitrogens with zero attached hydrogens (tertiary/aromatic N) is 5. The van der Waals surface area contributed by atoms with Gasteiger partial charge < -0.3 is 35.4 Å². The van der Waals surface area contributed by atoms with E-state index in [1.807, 2.05) is 4.90 Å². The Balaban J connectivity index is 1.31. The van der Waals surface area contributed by atoms with E-state index in [2.05, 4.69) is 33.6 Å². The number of likely N-dealkylation sites (tertiary alicyclic amines) is 1. The third kappa shape index (κ3) is 6.81. The molecule has 11 nitrogen and oxygen atoms in total. The smallest absolute Gasteiger partial charge is 0.245 e. The summed E-state index contributed by atoms with van der Waals surface area (Å²) in [5.41, 5.74) is 7.99. The summed E-state index contributed by atoms with van der Waals surface area (Å²) in [6, 6.07) is 11.4. The Labute approximate surface area is 255 Å². The first-order chi connectivity index (χ1) is 21.3. The number of carbonyl (C=O) groups excluding carboxylic acids is 1. The molecule has 2 aromatic carbocycles. The summed E-state index contributed by atoms with van der Waals surface area (Å²) in [7, 11) is 1.55. The highest BCUT2D eigenvalue weighted by molar-refractivity contribution is 6.04. The number of pyridine rings is 1. The molecule has 4 N–H and O–H groups in total. The van der Waals surface area contributed by atoms with Crippen molar-refractivity contribution in [2.45, 2.75) is 18.9 Å². The van der Waals surface area contributed by atoms with Gasteiger partial charge in [0.15, 0.2) is 5.82 Å². The van der Waals surface area contributed by atoms with Crippen LogP contribution in [-0.2, 0) is 4.79 Å². The molecule has 44 heavy (non-hydrogen) atoms. The maximum Gasteiger partial charge on any atom is 0.245 e. The van der Waals surface area contributed by atoms with Crippen molar-refractivity contribution < 1.29 is 23.8 Å². The van der Waals surface area contributed by atoms with Crippen LogP contribution < -0.4 is 25.4 Å². The third-order valence-corrected chi connectivity index (χ3v) is 7.76. The second-order valence-electron chi connectivity index (χ2n) is 10.7. The van der Waals surface area contributed by atoms with Crippen molar-refractivity contribution in [3.8, 4) is 17.2 Å². The first kappa shape index (κ1) is 30.5. The number of nitrogens with two attached hydrogens (primary N) is 1. The number of aromatic nitrogens is 1. The van der Waals surface area contributed by atoms with Gasteiger partial charge in [-0.25, -0.2) is 14.4 Å². The monoisotopic (exact) mass is 601 g/mol. The number of aliphatic hydroxyl groups excluding tert-OH is 1. The van der Waals surface area contributed by atoms with Crippen molar-refractivity contribution in [1.29, 1.82) is 0 Å². The number of nitrogens with one attached hydrogen (secondary N) is 1. The molecule has 0 spiro atoms. The number of amides is 1. The maximum absolute atomic E-state index is 15.2. The number of rotatable bonds is 11. The average molecular weight is 602 g/mol. The van der Waals surface area contributed by atoms with Crippen LogP contribution in [0.5, 0.6) is 17.2 Å². The standard InChI is InChI=1S/C32H36FN7O4/c1-4-31(42)39-11-8-21(9-12-39)37-28-15-24(27(35-2)16-29(28)43-3)32(34)38-26-6-5-22(13-25(26)33)44-23-7-10-36-30(14-23)40-17-20(18-40)19-41/h4-7,10,13-16,20-21,37,41H,1-2,8-9,11-12,17-19H2,3H3,(H2,34,38). The van der Waals surface area contributed by atoms with E-state index in [0.29, 0.717) is 47.3 Å². The molecule has 3 aromatic rings. The van der Waals surface area contributed by atoms with Gasteiger partial charge in [0.1, 0.15) is 34.6 Å². The van der Waals surface area contributed by atoms with Gasteiger partial charge in [0.25, 0.3) is 0 Å². The van der Waals surface area contributed by atoms with E-state index in [9.17, 15) is 9.90 Å². The molecule has 0 saturated carbocycles. The minimum atomic E-state index is -0.617. The molecule has 12 heteroatoms. The minimum absolute atomic E-state index is 0.0282. The molecule has 2 saturated heterocycles. The van der Waals surface area contributed by atoms with E-state index in [0.717, 1.165) is 31.7 Å². The van der Waals surface area contributed by atoms with Crippen LogP contribution in [-0.4, -0.2) is 79.4 Å². The Morgan fingerprint density at radius 3 is 2.59 bits per heavy atom. The van der Waals surface area contributed by atoms with Gasteiger partial charge in [0, 0.05) is 74.7 Å². The Bertz CT molecular complexity index is 1570. The van der Waals surface area contributed by atoms with Crippen LogP contribution in [0.3, 0.4) is 0 Å². The molecule has 2 fully saturated rings. The lowest BCUT2D eigenvalue weighted by molar-refractivity contribution is -0.126. The van der Waals surface area contributed by atoms with Gasteiger partial charge in [0.05, 0.1) is 18.5 Å². The highest BCUT2D eigenvalue weighted by Gasteiger charge is 2.27. The van der Waals surface area contributed by atoms with Crippen molar-refractivity contribution >= 4 is 41.3 Å². The number of halogens is 1. The number of hydrogen-bond donors (Lipinski definition) is 3. The fourth-order valence-corrected chi connectivity index (χ4v) is 5.26. The second kappa shape index (κ2) is 13.6. The first-order valence-corrected chi connectivity index (χ1v) is 14.3. The molecular weight excluding hydrogens is 565 g/mol. The summed E-state index contributed by atoms with van der Waals surface area (Å²) in [6.07, 6.45) is 4.44. The molecule has 0 aliphatic carbocycles. The Kier molecular flexibility index (Phi) is 9.39. The van der Waals surface area contributed by atoms with Crippen molar-refractivity contribution in [2.24, 2.45) is 21.6 Å². The number of amidine groups is 1. The lowest BCUT2D eigenvalue weighted by Gasteiger charge is -2.39. The van der Waals surface area contributed by atoms with Gasteiger partial charge >= 0.3 is 0 Å². The quantitative estimate of drug-likeness (QED) is 0.167. The normalized spacial score (nSPS) is 15.8. The molecule has 5 rings (SSSR count). The number of benzene rings is 2. The SMILES string of the molecule is C=CC(=O)N1CCC(Nc2cc(C(N)=Nc3ccc(Oc4ccnc(N5CC(CO)C5)c4)cc3F)c(N=C)cc2OC)CC1. The number of methoxy groups -OCH3 is 1. The van der Waals surface area contributed by atoms with E-state index in [4.69, 9.17) is 15.2 Å². The van der Waals surface area contributed by atoms with Crippen molar-refractivity contribution in [2.75, 3.05) is 50.1 Å². The highest BCUT2D eigenvalue weighted by atomic mass is 19.1. The Morgan fingerprint density at radius 2 is 1.93 bits per heavy atom. The van der Waals surface area contributed by atoms with Crippen molar-refractivity contribution in [1.82, 2.24) is 9.88 Å². The molecule has 0 atom stereocenters. The molecule has 0 bridgehead atoms. The van der Waals surface area contributed by atoms with Crippen LogP contribution in [0.15, 0.2) is 71.3 Å². The zero-order valence-electron chi connectivity index (χ0n) is 24.6. The van der Waals surface area contributed by atoms with E-state index in [1.165, 1.54) is 18.2 Å². The summed E-state index contributed by atoms with van der Waals surface area (Å²) < 4.78 is 26.7. The van der Waals surface area contributed by atoms with Gasteiger partial charge in [-0.2, -0.15) is 0 Å². The van der Waals surface area contributed by atoms with Gasteiger partial charge in [-0.1, -0.05) is 6.58 Å². The molecule has 1 aromatic heterocycles. The number of carbonyl (C=O) groups is 1. The number of piperidine rings is 1. The number of hydrogen-bond acceptors (Lipinski definition) is 9. The Hall–Kier alpha value is -4.97. The average Bonchev–Trinajstić information content (AvgIpc) is 3.01. The summed E-state index contributed by atoms with van der Waals surface area (Å²) in [5, 5.41) is 12.7. The van der Waals surface area contributed by atoms with Gasteiger partial charge in [-0.3, -0.25) is 9.79 Å². The number of aliphatic imine (C=N–C) groups is 2. The summed E-state index contributed by atoms with van der Waals surface area (Å²) in [6.45, 7) is 10.0. The molecule has 3 heterocycles. The van der Waals surface area contributed by atoms with E-state index in [1.54, 1.807) is 48.5 Å². The molecule has 2 aliphatic heterocycles. The lowest BCUT2D eigenvalue weighted by atomic mass is 10.0. The zero-order valence-corrected chi connectivity index (χ0v) is 24.6. The van der Waals surface area contributed by atoms with E-state index < -0.39 is 5.82 Å². The minimum Gasteiger partial charge on any atom is -0.495 e. The summed E-state index contributed by atoms with van der Waals surface area (Å²) in [4.78, 5) is 28.5. The number of anilines is 2. The predicted molar refractivity (Wildman–Crippen MR) is 170 cm³/mol. The van der Waals surface area contributed by atoms with Crippen LogP contribution in [0, 0.1) is 11.7 Å². The molecule has 0 radical (unpaired) electrons. The lowest BCUT2D eigenvalue weighted by Crippen LogP contribution is -2.48. The third-order valence-electron chi connectivity index (χ3n) is 7.76.